The van der Waals surface area contributed by atoms with Crippen LogP contribution in [0, 0.1) is 5.92 Å². The molecule has 0 spiro atoms. The van der Waals surface area contributed by atoms with Crippen LogP contribution in [0.3, 0.4) is 0 Å². The monoisotopic (exact) mass is 317 g/mol. The molecule has 1 aromatic carbocycles. The first-order valence-corrected chi connectivity index (χ1v) is 7.98. The Balaban J connectivity index is 1.91. The van der Waals surface area contributed by atoms with E-state index in [0.717, 1.165) is 35.2 Å². The second-order valence-electron chi connectivity index (χ2n) is 6.59. The lowest BCUT2D eigenvalue weighted by atomic mass is 9.98. The van der Waals surface area contributed by atoms with Crippen LogP contribution in [0.4, 0.5) is 0 Å². The molecule has 5 nitrogen and oxygen atoms in total. The van der Waals surface area contributed by atoms with Gasteiger partial charge < -0.3 is 19.1 Å². The second-order valence-corrected chi connectivity index (χ2v) is 6.59. The van der Waals surface area contributed by atoms with Crippen molar-refractivity contribution >= 4 is 16.9 Å². The first-order valence-electron chi connectivity index (χ1n) is 7.98. The van der Waals surface area contributed by atoms with Gasteiger partial charge in [0.1, 0.15) is 5.69 Å². The molecule has 23 heavy (non-hydrogen) atoms. The van der Waals surface area contributed by atoms with E-state index in [2.05, 4.69) is 19.9 Å². The van der Waals surface area contributed by atoms with Gasteiger partial charge in [-0.05, 0) is 29.2 Å². The van der Waals surface area contributed by atoms with Gasteiger partial charge in [-0.25, -0.2) is 4.79 Å². The van der Waals surface area contributed by atoms with Crippen molar-refractivity contribution in [1.29, 1.82) is 0 Å². The fourth-order valence-corrected chi connectivity index (χ4v) is 3.06. The van der Waals surface area contributed by atoms with E-state index < -0.39 is 5.97 Å². The number of ether oxygens (including phenoxy) is 2. The summed E-state index contributed by atoms with van der Waals surface area (Å²) in [6.07, 6.45) is 0. The van der Waals surface area contributed by atoms with Gasteiger partial charge in [-0.3, -0.25) is 0 Å². The third kappa shape index (κ3) is 3.12. The molecule has 0 radical (unpaired) electrons. The van der Waals surface area contributed by atoms with Crippen LogP contribution < -0.4 is 0 Å². The number of carbonyl (C=O) groups is 1. The van der Waals surface area contributed by atoms with Crippen LogP contribution in [0.15, 0.2) is 18.2 Å². The van der Waals surface area contributed by atoms with Crippen LogP contribution in [0.5, 0.6) is 0 Å². The number of carboxylic acids is 1. The third-order valence-electron chi connectivity index (χ3n) is 4.39. The summed E-state index contributed by atoms with van der Waals surface area (Å²) in [5.74, 6) is -0.0763. The minimum absolute atomic E-state index is 0.312. The highest BCUT2D eigenvalue weighted by atomic mass is 16.5. The van der Waals surface area contributed by atoms with Gasteiger partial charge in [0.15, 0.2) is 0 Å². The molecule has 1 aliphatic heterocycles. The molecule has 2 heterocycles. The maximum Gasteiger partial charge on any atom is 0.352 e. The molecule has 0 unspecified atom stereocenters. The molecule has 0 saturated carbocycles. The lowest BCUT2D eigenvalue weighted by molar-refractivity contribution is -0.0745. The molecule has 1 fully saturated rings. The Hall–Kier alpha value is -1.85. The first-order chi connectivity index (χ1) is 11.0. The zero-order chi connectivity index (χ0) is 16.6. The Morgan fingerprint density at radius 3 is 2.70 bits per heavy atom. The van der Waals surface area contributed by atoms with Gasteiger partial charge >= 0.3 is 5.97 Å². The van der Waals surface area contributed by atoms with Crippen molar-refractivity contribution in [3.05, 3.63) is 35.0 Å². The molecule has 124 valence electrons. The maximum absolute atomic E-state index is 11.4. The van der Waals surface area contributed by atoms with Gasteiger partial charge in [-0.1, -0.05) is 19.9 Å². The number of aromatic nitrogens is 1. The summed E-state index contributed by atoms with van der Waals surface area (Å²) in [6.45, 7) is 7.08. The van der Waals surface area contributed by atoms with Crippen molar-refractivity contribution < 1.29 is 19.4 Å². The SMILES string of the molecule is CC(C)c1cc(COCC2COC2)cc2cc(C(=O)O)n(C)c12. The molecule has 2 aromatic rings. The van der Waals surface area contributed by atoms with Crippen molar-refractivity contribution in [2.75, 3.05) is 19.8 Å². The highest BCUT2D eigenvalue weighted by Crippen LogP contribution is 2.30. The molecule has 1 N–H and O–H groups in total. The van der Waals surface area contributed by atoms with E-state index in [-0.39, 0.29) is 0 Å². The van der Waals surface area contributed by atoms with Crippen molar-refractivity contribution in [2.24, 2.45) is 13.0 Å². The van der Waals surface area contributed by atoms with Crippen LogP contribution in [0.1, 0.15) is 41.4 Å². The van der Waals surface area contributed by atoms with E-state index >= 15 is 0 Å². The van der Waals surface area contributed by atoms with Gasteiger partial charge in [-0.15, -0.1) is 0 Å². The van der Waals surface area contributed by atoms with E-state index in [1.54, 1.807) is 10.6 Å². The molecule has 5 heteroatoms. The molecular weight excluding hydrogens is 294 g/mol. The van der Waals surface area contributed by atoms with E-state index in [9.17, 15) is 9.90 Å². The molecule has 1 saturated heterocycles. The van der Waals surface area contributed by atoms with Crippen LogP contribution in [-0.4, -0.2) is 35.5 Å². The van der Waals surface area contributed by atoms with Crippen LogP contribution >= 0.6 is 0 Å². The Kier molecular flexibility index (Phi) is 4.41. The lowest BCUT2D eigenvalue weighted by Crippen LogP contribution is -2.31. The van der Waals surface area contributed by atoms with Gasteiger partial charge in [0.2, 0.25) is 0 Å². The number of hydrogen-bond donors (Lipinski definition) is 1. The Morgan fingerprint density at radius 1 is 1.39 bits per heavy atom. The van der Waals surface area contributed by atoms with E-state index in [1.165, 1.54) is 0 Å². The Labute approximate surface area is 135 Å². The number of hydrogen-bond acceptors (Lipinski definition) is 3. The predicted molar refractivity (Wildman–Crippen MR) is 87.9 cm³/mol. The van der Waals surface area contributed by atoms with Gasteiger partial charge in [0, 0.05) is 18.4 Å². The summed E-state index contributed by atoms with van der Waals surface area (Å²) < 4.78 is 12.7. The predicted octanol–water partition coefficient (Wildman–Crippen LogP) is 3.16. The average molecular weight is 317 g/mol. The largest absolute Gasteiger partial charge is 0.477 e. The lowest BCUT2D eigenvalue weighted by Gasteiger charge is -2.25. The highest BCUT2D eigenvalue weighted by Gasteiger charge is 2.19. The summed E-state index contributed by atoms with van der Waals surface area (Å²) >= 11 is 0. The maximum atomic E-state index is 11.4. The van der Waals surface area contributed by atoms with Crippen molar-refractivity contribution in [3.63, 3.8) is 0 Å². The summed E-state index contributed by atoms with van der Waals surface area (Å²) in [5, 5.41) is 10.3. The van der Waals surface area contributed by atoms with Crippen LogP contribution in [0.2, 0.25) is 0 Å². The number of nitrogens with zero attached hydrogens (tertiary/aromatic N) is 1. The normalized spacial score (nSPS) is 15.3. The minimum atomic E-state index is -0.902. The fraction of sp³-hybridized carbons (Fsp3) is 0.500. The zero-order valence-corrected chi connectivity index (χ0v) is 13.8. The van der Waals surface area contributed by atoms with Gasteiger partial charge in [0.05, 0.1) is 31.9 Å². The van der Waals surface area contributed by atoms with E-state index in [1.807, 2.05) is 13.1 Å². The van der Waals surface area contributed by atoms with E-state index in [0.29, 0.717) is 30.7 Å². The molecule has 1 aliphatic rings. The van der Waals surface area contributed by atoms with Gasteiger partial charge in [0.25, 0.3) is 0 Å². The van der Waals surface area contributed by atoms with Crippen molar-refractivity contribution in [1.82, 2.24) is 4.57 Å². The number of benzene rings is 1. The summed E-state index contributed by atoms with van der Waals surface area (Å²) in [7, 11) is 1.81. The molecule has 3 rings (SSSR count). The summed E-state index contributed by atoms with van der Waals surface area (Å²) in [5.41, 5.74) is 3.55. The van der Waals surface area contributed by atoms with Crippen LogP contribution in [0.25, 0.3) is 10.9 Å². The standard InChI is InChI=1S/C18H23NO4/c1-11(2)15-5-12(7-22-8-13-9-23-10-13)4-14-6-16(18(20)21)19(3)17(14)15/h4-6,11,13H,7-10H2,1-3H3,(H,20,21). The highest BCUT2D eigenvalue weighted by molar-refractivity contribution is 5.96. The number of rotatable bonds is 6. The second kappa shape index (κ2) is 6.34. The summed E-state index contributed by atoms with van der Waals surface area (Å²) in [4.78, 5) is 11.4. The number of carboxylic acid groups (broad SMARTS) is 1. The van der Waals surface area contributed by atoms with Gasteiger partial charge in [-0.2, -0.15) is 0 Å². The average Bonchev–Trinajstić information content (AvgIpc) is 2.78. The fourth-order valence-electron chi connectivity index (χ4n) is 3.06. The molecule has 0 aliphatic carbocycles. The zero-order valence-electron chi connectivity index (χ0n) is 13.8. The molecule has 1 aromatic heterocycles. The third-order valence-corrected chi connectivity index (χ3v) is 4.39. The van der Waals surface area contributed by atoms with Crippen molar-refractivity contribution in [3.8, 4) is 0 Å². The number of fused-ring (bicyclic) bond motifs is 1. The van der Waals surface area contributed by atoms with E-state index in [4.69, 9.17) is 9.47 Å². The number of aromatic carboxylic acids is 1. The summed E-state index contributed by atoms with van der Waals surface area (Å²) in [6, 6.07) is 5.91. The molecule has 0 atom stereocenters. The molecule has 0 amide bonds. The minimum Gasteiger partial charge on any atom is -0.477 e. The quantitative estimate of drug-likeness (QED) is 0.889. The first kappa shape index (κ1) is 16.0. The Morgan fingerprint density at radius 2 is 2.13 bits per heavy atom. The van der Waals surface area contributed by atoms with Crippen molar-refractivity contribution in [2.45, 2.75) is 26.4 Å². The number of aryl methyl sites for hydroxylation is 1. The molecule has 0 bridgehead atoms. The Bertz CT molecular complexity index is 728. The topological polar surface area (TPSA) is 60.7 Å². The van der Waals surface area contributed by atoms with Crippen LogP contribution in [-0.2, 0) is 23.1 Å². The smallest absolute Gasteiger partial charge is 0.352 e. The molecular formula is C18H23NO4.